The third kappa shape index (κ3) is 1.97. The van der Waals surface area contributed by atoms with Gasteiger partial charge in [0.1, 0.15) is 22.5 Å². The smallest absolute Gasteiger partial charge is 0.194 e. The number of aryl methyl sites for hydroxylation is 1. The third-order valence-corrected chi connectivity index (χ3v) is 7.43. The molecule has 5 heteroatoms. The van der Waals surface area contributed by atoms with Gasteiger partial charge in [0.2, 0.25) is 0 Å². The Labute approximate surface area is 187 Å². The fourth-order valence-electron chi connectivity index (χ4n) is 4.98. The Morgan fingerprint density at radius 1 is 0.867 bits per heavy atom. The highest BCUT2D eigenvalue weighted by atomic mass is 79.9. The maximum Gasteiger partial charge on any atom is 0.194 e. The number of hydrogen-bond acceptors (Lipinski definition) is 3. The largest absolute Gasteiger partial charge is 0.455 e. The minimum Gasteiger partial charge on any atom is -0.455 e. The Bertz CT molecular complexity index is 1630. The molecule has 0 saturated carbocycles. The Kier molecular flexibility index (Phi) is 3.27. The van der Waals surface area contributed by atoms with E-state index in [1.807, 2.05) is 36.4 Å². The molecule has 2 heterocycles. The predicted molar refractivity (Wildman–Crippen MR) is 125 cm³/mol. The molecule has 0 fully saturated rings. The molecule has 0 radical (unpaired) electrons. The van der Waals surface area contributed by atoms with Crippen LogP contribution in [0.5, 0.6) is 0 Å². The highest BCUT2D eigenvalue weighted by Crippen LogP contribution is 2.52. The minimum absolute atomic E-state index is 0.0203. The van der Waals surface area contributed by atoms with E-state index in [1.54, 1.807) is 0 Å². The molecule has 0 N–H and O–H groups in total. The maximum atomic E-state index is 13.5. The van der Waals surface area contributed by atoms with Crippen LogP contribution in [-0.4, -0.2) is 5.78 Å². The SMILES string of the molecule is O=C1c2cc(Br)c3c(oc4ccccc43)c2-c2c1cc(Br)c1oc3c(c21)CCC=C3. The first kappa shape index (κ1) is 17.1. The summed E-state index contributed by atoms with van der Waals surface area (Å²) in [6.07, 6.45) is 6.02. The minimum atomic E-state index is 0.0203. The predicted octanol–water partition coefficient (Wildman–Crippen LogP) is 8.03. The summed E-state index contributed by atoms with van der Waals surface area (Å²) in [6, 6.07) is 11.8. The van der Waals surface area contributed by atoms with Gasteiger partial charge in [0.15, 0.2) is 5.78 Å². The first-order valence-corrected chi connectivity index (χ1v) is 11.4. The van der Waals surface area contributed by atoms with Crippen molar-refractivity contribution in [3.05, 3.63) is 73.9 Å². The van der Waals surface area contributed by atoms with E-state index in [9.17, 15) is 4.79 Å². The molecule has 2 aliphatic carbocycles. The molecule has 0 unspecified atom stereocenters. The number of halogens is 2. The van der Waals surface area contributed by atoms with E-state index in [1.165, 1.54) is 0 Å². The number of ketones is 1. The number of carbonyl (C=O) groups is 1. The van der Waals surface area contributed by atoms with Crippen molar-refractivity contribution in [2.75, 3.05) is 0 Å². The van der Waals surface area contributed by atoms with Gasteiger partial charge in [-0.25, -0.2) is 0 Å². The molecule has 0 amide bonds. The first-order chi connectivity index (χ1) is 14.6. The monoisotopic (exact) mass is 518 g/mol. The number of rotatable bonds is 0. The van der Waals surface area contributed by atoms with E-state index < -0.39 is 0 Å². The second-order valence-electron chi connectivity index (χ2n) is 7.78. The van der Waals surface area contributed by atoms with E-state index in [2.05, 4.69) is 44.0 Å². The fourth-order valence-corrected chi connectivity index (χ4v) is 6.11. The van der Waals surface area contributed by atoms with Crippen LogP contribution in [-0.2, 0) is 6.42 Å². The van der Waals surface area contributed by atoms with Crippen LogP contribution in [0.1, 0.15) is 33.7 Å². The van der Waals surface area contributed by atoms with Crippen LogP contribution < -0.4 is 0 Å². The number of allylic oxidation sites excluding steroid dienone is 1. The summed E-state index contributed by atoms with van der Waals surface area (Å²) in [5, 5.41) is 3.06. The molecular weight excluding hydrogens is 508 g/mol. The van der Waals surface area contributed by atoms with E-state index in [-0.39, 0.29) is 5.78 Å². The molecule has 5 aromatic rings. The molecule has 2 aromatic heterocycles. The molecule has 0 aliphatic heterocycles. The van der Waals surface area contributed by atoms with Crippen molar-refractivity contribution in [2.45, 2.75) is 12.8 Å². The normalized spacial score (nSPS) is 14.7. The summed E-state index contributed by atoms with van der Waals surface area (Å²) < 4.78 is 14.2. The number of furan rings is 2. The molecule has 3 nitrogen and oxygen atoms in total. The van der Waals surface area contributed by atoms with Crippen LogP contribution in [0.25, 0.3) is 50.1 Å². The number of hydrogen-bond donors (Lipinski definition) is 0. The van der Waals surface area contributed by atoms with Crippen molar-refractivity contribution in [1.82, 2.24) is 0 Å². The van der Waals surface area contributed by atoms with Crippen molar-refractivity contribution < 1.29 is 13.6 Å². The van der Waals surface area contributed by atoms with Crippen LogP contribution >= 0.6 is 31.9 Å². The second-order valence-corrected chi connectivity index (χ2v) is 9.49. The highest BCUT2D eigenvalue weighted by Gasteiger charge is 2.36. The van der Waals surface area contributed by atoms with Crippen LogP contribution in [0.4, 0.5) is 0 Å². The molecule has 0 atom stereocenters. The molecule has 3 aromatic carbocycles. The topological polar surface area (TPSA) is 43.4 Å². The lowest BCUT2D eigenvalue weighted by Gasteiger charge is -2.08. The van der Waals surface area contributed by atoms with Gasteiger partial charge in [0.25, 0.3) is 0 Å². The van der Waals surface area contributed by atoms with Crippen molar-refractivity contribution in [3.8, 4) is 11.1 Å². The standard InChI is InChI=1S/C25H12Br2O3/c26-15-9-14-22(25-19(15)11-5-1-3-7-17(11)30-25)20-13(23(14)28)10-16(27)24-21(20)12-6-2-4-8-18(12)29-24/h1,3-5,7-10H,2,6H2. The quantitative estimate of drug-likeness (QED) is 0.204. The number of carbonyl (C=O) groups excluding carboxylic acids is 1. The lowest BCUT2D eigenvalue weighted by Crippen LogP contribution is -1.95. The highest BCUT2D eigenvalue weighted by molar-refractivity contribution is 9.11. The number of benzene rings is 3. The Hall–Kier alpha value is -2.63. The van der Waals surface area contributed by atoms with Crippen molar-refractivity contribution in [2.24, 2.45) is 0 Å². The average Bonchev–Trinajstić information content (AvgIpc) is 3.40. The van der Waals surface area contributed by atoms with Gasteiger partial charge >= 0.3 is 0 Å². The van der Waals surface area contributed by atoms with Crippen molar-refractivity contribution in [1.29, 1.82) is 0 Å². The van der Waals surface area contributed by atoms with Gasteiger partial charge in [0.05, 0.1) is 4.47 Å². The molecule has 0 saturated heterocycles. The van der Waals surface area contributed by atoms with Crippen LogP contribution in [0.15, 0.2) is 60.3 Å². The summed E-state index contributed by atoms with van der Waals surface area (Å²) in [6.45, 7) is 0. The van der Waals surface area contributed by atoms with E-state index in [4.69, 9.17) is 8.83 Å². The molecule has 2 aliphatic rings. The molecule has 7 rings (SSSR count). The van der Waals surface area contributed by atoms with Crippen LogP contribution in [0, 0.1) is 0 Å². The third-order valence-electron chi connectivity index (χ3n) is 6.22. The van der Waals surface area contributed by atoms with E-state index >= 15 is 0 Å². The zero-order valence-corrected chi connectivity index (χ0v) is 18.7. The molecule has 0 bridgehead atoms. The number of para-hydroxylation sites is 1. The van der Waals surface area contributed by atoms with Gasteiger partial charge in [0, 0.05) is 48.4 Å². The molecular formula is C25H12Br2O3. The van der Waals surface area contributed by atoms with Gasteiger partial charge in [-0.3, -0.25) is 4.79 Å². The van der Waals surface area contributed by atoms with Gasteiger partial charge in [-0.05, 0) is 69.0 Å². The lowest BCUT2D eigenvalue weighted by molar-refractivity contribution is 0.104. The molecule has 30 heavy (non-hydrogen) atoms. The Morgan fingerprint density at radius 3 is 2.57 bits per heavy atom. The first-order valence-electron chi connectivity index (χ1n) is 9.76. The summed E-state index contributed by atoms with van der Waals surface area (Å²) in [7, 11) is 0. The van der Waals surface area contributed by atoms with Crippen molar-refractivity contribution >= 4 is 76.6 Å². The van der Waals surface area contributed by atoms with Gasteiger partial charge < -0.3 is 8.83 Å². The maximum absolute atomic E-state index is 13.5. The summed E-state index contributed by atoms with van der Waals surface area (Å²) >= 11 is 7.33. The summed E-state index contributed by atoms with van der Waals surface area (Å²) in [5.41, 5.74) is 6.69. The Balaban J connectivity index is 1.73. The second kappa shape index (κ2) is 5.74. The van der Waals surface area contributed by atoms with E-state index in [0.29, 0.717) is 11.1 Å². The van der Waals surface area contributed by atoms with Crippen LogP contribution in [0.3, 0.4) is 0 Å². The fraction of sp³-hybridized carbons (Fsp3) is 0.0800. The van der Waals surface area contributed by atoms with E-state index in [0.717, 1.165) is 77.1 Å². The average molecular weight is 520 g/mol. The number of fused-ring (bicyclic) bond motifs is 11. The molecule has 0 spiro atoms. The Morgan fingerprint density at radius 2 is 1.67 bits per heavy atom. The van der Waals surface area contributed by atoms with Gasteiger partial charge in [-0.2, -0.15) is 0 Å². The summed E-state index contributed by atoms with van der Waals surface area (Å²) in [5.74, 6) is 0.899. The van der Waals surface area contributed by atoms with Gasteiger partial charge in [-0.1, -0.05) is 24.3 Å². The molecule has 144 valence electrons. The summed E-state index contributed by atoms with van der Waals surface area (Å²) in [4.78, 5) is 13.5. The lowest BCUT2D eigenvalue weighted by atomic mass is 9.93. The zero-order valence-electron chi connectivity index (χ0n) is 15.5. The van der Waals surface area contributed by atoms with Crippen LogP contribution in [0.2, 0.25) is 0 Å². The van der Waals surface area contributed by atoms with Crippen molar-refractivity contribution in [3.63, 3.8) is 0 Å². The zero-order chi connectivity index (χ0) is 20.1. The van der Waals surface area contributed by atoms with Gasteiger partial charge in [-0.15, -0.1) is 0 Å².